The van der Waals surface area contributed by atoms with Gasteiger partial charge in [-0.2, -0.15) is 0 Å². The fraction of sp³-hybridized carbons (Fsp3) is 0.125. The third-order valence-electron chi connectivity index (χ3n) is 1.34. The Bertz CT molecular complexity index is 309. The molecule has 1 rings (SSSR count). The van der Waals surface area contributed by atoms with Crippen molar-refractivity contribution < 1.29 is 4.79 Å². The van der Waals surface area contributed by atoms with Gasteiger partial charge < -0.3 is 0 Å². The van der Waals surface area contributed by atoms with Gasteiger partial charge in [-0.3, -0.25) is 4.79 Å². The summed E-state index contributed by atoms with van der Waals surface area (Å²) < 4.78 is 0. The van der Waals surface area contributed by atoms with E-state index in [0.29, 0.717) is 15.6 Å². The Hall–Kier alpha value is -0.240. The molecule has 0 saturated heterocycles. The van der Waals surface area contributed by atoms with Gasteiger partial charge in [0.1, 0.15) is 0 Å². The molecule has 1 aromatic rings. The van der Waals surface area contributed by atoms with Crippen molar-refractivity contribution in [2.45, 2.75) is 6.42 Å². The molecule has 0 heterocycles. The van der Waals surface area contributed by atoms with Crippen LogP contribution in [0.2, 0.25) is 10.0 Å². The average Bonchev–Trinajstić information content (AvgIpc) is 1.94. The molecule has 0 saturated carbocycles. The maximum Gasteiger partial charge on any atom is 0.226 e. The van der Waals surface area contributed by atoms with E-state index < -0.39 is 5.24 Å². The fourth-order valence-corrected chi connectivity index (χ4v) is 1.43. The van der Waals surface area contributed by atoms with Crippen LogP contribution < -0.4 is 0 Å². The molecule has 64 valence electrons. The van der Waals surface area contributed by atoms with E-state index >= 15 is 0 Å². The zero-order valence-corrected chi connectivity index (χ0v) is 8.25. The minimum atomic E-state index is -0.431. The highest BCUT2D eigenvalue weighted by Gasteiger charge is 2.04. The van der Waals surface area contributed by atoms with Gasteiger partial charge in [-0.25, -0.2) is 0 Å². The van der Waals surface area contributed by atoms with Crippen LogP contribution in [0.1, 0.15) is 5.56 Å². The van der Waals surface area contributed by atoms with Crippen molar-refractivity contribution in [3.8, 4) is 0 Å². The van der Waals surface area contributed by atoms with Crippen LogP contribution in [0.15, 0.2) is 18.2 Å². The second-order valence-electron chi connectivity index (χ2n) is 2.27. The first-order valence-electron chi connectivity index (χ1n) is 3.22. The van der Waals surface area contributed by atoms with Gasteiger partial charge in [0.25, 0.3) is 0 Å². The summed E-state index contributed by atoms with van der Waals surface area (Å²) >= 11 is 16.6. The number of hydrogen-bond acceptors (Lipinski definition) is 1. The highest BCUT2D eigenvalue weighted by atomic mass is 35.5. The van der Waals surface area contributed by atoms with Crippen LogP contribution in [0, 0.1) is 0 Å². The number of halogens is 3. The molecule has 0 bridgehead atoms. The highest BCUT2D eigenvalue weighted by Crippen LogP contribution is 2.21. The third kappa shape index (κ3) is 2.67. The quantitative estimate of drug-likeness (QED) is 0.703. The second-order valence-corrected chi connectivity index (χ2v) is 3.53. The SMILES string of the molecule is O=C(Cl)Cc1ccc(Cl)cc1Cl. The van der Waals surface area contributed by atoms with Gasteiger partial charge in [0, 0.05) is 16.5 Å². The molecule has 0 fully saturated rings. The Morgan fingerprint density at radius 1 is 1.33 bits per heavy atom. The van der Waals surface area contributed by atoms with Crippen LogP contribution in [0.4, 0.5) is 0 Å². The Morgan fingerprint density at radius 2 is 2.00 bits per heavy atom. The zero-order valence-electron chi connectivity index (χ0n) is 5.98. The Kier molecular flexibility index (Phi) is 3.39. The van der Waals surface area contributed by atoms with Gasteiger partial charge >= 0.3 is 0 Å². The summed E-state index contributed by atoms with van der Waals surface area (Å²) in [6.07, 6.45) is 0.136. The summed E-state index contributed by atoms with van der Waals surface area (Å²) in [7, 11) is 0. The maximum atomic E-state index is 10.5. The molecule has 0 unspecified atom stereocenters. The van der Waals surface area contributed by atoms with Gasteiger partial charge in [-0.15, -0.1) is 0 Å². The average molecular weight is 223 g/mol. The minimum absolute atomic E-state index is 0.136. The molecule has 0 N–H and O–H groups in total. The molecule has 1 aromatic carbocycles. The summed E-state index contributed by atoms with van der Waals surface area (Å²) in [4.78, 5) is 10.5. The fourth-order valence-electron chi connectivity index (χ4n) is 0.815. The molecule has 0 aromatic heterocycles. The van der Waals surface area contributed by atoms with Crippen molar-refractivity contribution in [1.82, 2.24) is 0 Å². The van der Waals surface area contributed by atoms with Crippen LogP contribution in [-0.4, -0.2) is 5.24 Å². The smallest absolute Gasteiger partial charge is 0.226 e. The molecular weight excluding hydrogens is 218 g/mol. The summed E-state index contributed by atoms with van der Waals surface area (Å²) in [6, 6.07) is 4.94. The zero-order chi connectivity index (χ0) is 9.14. The summed E-state index contributed by atoms with van der Waals surface area (Å²) in [5.41, 5.74) is 0.695. The van der Waals surface area contributed by atoms with Crippen molar-refractivity contribution in [2.75, 3.05) is 0 Å². The monoisotopic (exact) mass is 222 g/mol. The number of benzene rings is 1. The summed E-state index contributed by atoms with van der Waals surface area (Å²) in [5.74, 6) is 0. The van der Waals surface area contributed by atoms with E-state index in [1.807, 2.05) is 0 Å². The number of hydrogen-bond donors (Lipinski definition) is 0. The molecule has 0 atom stereocenters. The van der Waals surface area contributed by atoms with Crippen molar-refractivity contribution >= 4 is 40.0 Å². The van der Waals surface area contributed by atoms with Crippen LogP contribution in [0.3, 0.4) is 0 Å². The van der Waals surface area contributed by atoms with Crippen molar-refractivity contribution in [2.24, 2.45) is 0 Å². The van der Waals surface area contributed by atoms with E-state index in [9.17, 15) is 4.79 Å². The third-order valence-corrected chi connectivity index (χ3v) is 2.07. The lowest BCUT2D eigenvalue weighted by Gasteiger charge is -2.00. The van der Waals surface area contributed by atoms with Crippen molar-refractivity contribution in [3.63, 3.8) is 0 Å². The van der Waals surface area contributed by atoms with E-state index in [-0.39, 0.29) is 6.42 Å². The number of carbonyl (C=O) groups is 1. The molecule has 0 amide bonds. The summed E-state index contributed by atoms with van der Waals surface area (Å²) in [6.45, 7) is 0. The van der Waals surface area contributed by atoms with Crippen molar-refractivity contribution in [3.05, 3.63) is 33.8 Å². The first-order chi connectivity index (χ1) is 5.59. The number of rotatable bonds is 2. The first-order valence-corrected chi connectivity index (χ1v) is 4.35. The molecule has 0 aliphatic rings. The maximum absolute atomic E-state index is 10.5. The molecular formula is C8H5Cl3O. The van der Waals surface area contributed by atoms with E-state index in [1.54, 1.807) is 18.2 Å². The predicted molar refractivity (Wildman–Crippen MR) is 51.0 cm³/mol. The molecule has 1 nitrogen and oxygen atoms in total. The Balaban J connectivity index is 2.93. The molecule has 0 aliphatic heterocycles. The summed E-state index contributed by atoms with van der Waals surface area (Å²) in [5, 5.41) is 0.585. The van der Waals surface area contributed by atoms with Crippen LogP contribution in [0.5, 0.6) is 0 Å². The van der Waals surface area contributed by atoms with Gasteiger partial charge in [0.15, 0.2) is 0 Å². The largest absolute Gasteiger partial charge is 0.281 e. The van der Waals surface area contributed by atoms with Crippen LogP contribution >= 0.6 is 34.8 Å². The lowest BCUT2D eigenvalue weighted by Crippen LogP contribution is -1.93. The Labute approximate surface area is 85.2 Å². The van der Waals surface area contributed by atoms with E-state index in [4.69, 9.17) is 34.8 Å². The minimum Gasteiger partial charge on any atom is -0.281 e. The highest BCUT2D eigenvalue weighted by molar-refractivity contribution is 6.63. The van der Waals surface area contributed by atoms with Gasteiger partial charge in [0.2, 0.25) is 5.24 Å². The first kappa shape index (κ1) is 9.85. The lowest BCUT2D eigenvalue weighted by molar-refractivity contribution is -0.111. The lowest BCUT2D eigenvalue weighted by atomic mass is 10.2. The Morgan fingerprint density at radius 3 is 2.50 bits per heavy atom. The van der Waals surface area contributed by atoms with E-state index in [1.165, 1.54) is 0 Å². The van der Waals surface area contributed by atoms with Gasteiger partial charge in [0.05, 0.1) is 0 Å². The molecule has 0 aliphatic carbocycles. The molecule has 0 radical (unpaired) electrons. The predicted octanol–water partition coefficient (Wildman–Crippen LogP) is 3.30. The molecule has 4 heteroatoms. The second kappa shape index (κ2) is 4.13. The number of carbonyl (C=O) groups excluding carboxylic acids is 1. The van der Waals surface area contributed by atoms with E-state index in [2.05, 4.69) is 0 Å². The van der Waals surface area contributed by atoms with Crippen LogP contribution in [0.25, 0.3) is 0 Å². The van der Waals surface area contributed by atoms with Crippen LogP contribution in [-0.2, 0) is 11.2 Å². The molecule has 12 heavy (non-hydrogen) atoms. The van der Waals surface area contributed by atoms with Gasteiger partial charge in [-0.05, 0) is 29.3 Å². The topological polar surface area (TPSA) is 17.1 Å². The normalized spacial score (nSPS) is 9.92. The standard InChI is InChI=1S/C8H5Cl3O/c9-6-2-1-5(3-8(11)12)7(10)4-6/h1-2,4H,3H2. The van der Waals surface area contributed by atoms with E-state index in [0.717, 1.165) is 0 Å². The molecule has 0 spiro atoms. The van der Waals surface area contributed by atoms with Crippen molar-refractivity contribution in [1.29, 1.82) is 0 Å². The van der Waals surface area contributed by atoms with Gasteiger partial charge in [-0.1, -0.05) is 29.3 Å².